The van der Waals surface area contributed by atoms with Crippen LogP contribution < -0.4 is 0 Å². The zero-order valence-electron chi connectivity index (χ0n) is 10.2. The van der Waals surface area contributed by atoms with Gasteiger partial charge in [0.25, 0.3) is 0 Å². The number of aromatic nitrogens is 2. The highest BCUT2D eigenvalue weighted by molar-refractivity contribution is 7.89. The summed E-state index contributed by atoms with van der Waals surface area (Å²) < 4.78 is 26.1. The molecule has 0 bridgehead atoms. The summed E-state index contributed by atoms with van der Waals surface area (Å²) in [7, 11) is -3.55. The van der Waals surface area contributed by atoms with Gasteiger partial charge in [0.2, 0.25) is 10.0 Å². The van der Waals surface area contributed by atoms with Crippen LogP contribution in [0, 0.1) is 13.8 Å². The van der Waals surface area contributed by atoms with Gasteiger partial charge in [-0.3, -0.25) is 5.10 Å². The van der Waals surface area contributed by atoms with Crippen molar-refractivity contribution in [1.29, 1.82) is 0 Å². The lowest BCUT2D eigenvalue weighted by Crippen LogP contribution is -2.34. The molecule has 0 spiro atoms. The van der Waals surface area contributed by atoms with E-state index >= 15 is 0 Å². The van der Waals surface area contributed by atoms with Crippen LogP contribution in [0.4, 0.5) is 0 Å². The van der Waals surface area contributed by atoms with Crippen molar-refractivity contribution < 1.29 is 13.5 Å². The van der Waals surface area contributed by atoms with E-state index in [0.717, 1.165) is 0 Å². The minimum atomic E-state index is -3.55. The molecule has 1 aromatic rings. The van der Waals surface area contributed by atoms with E-state index in [1.165, 1.54) is 4.31 Å². The number of rotatable bonds is 2. The molecule has 1 aliphatic rings. The Labute approximate surface area is 101 Å². The van der Waals surface area contributed by atoms with Crippen molar-refractivity contribution in [1.82, 2.24) is 14.5 Å². The fourth-order valence-electron chi connectivity index (χ4n) is 2.16. The Hall–Kier alpha value is -0.920. The van der Waals surface area contributed by atoms with Crippen LogP contribution in [-0.4, -0.2) is 46.7 Å². The smallest absolute Gasteiger partial charge is 0.246 e. The summed E-state index contributed by atoms with van der Waals surface area (Å²) in [6, 6.07) is 0. The average molecular weight is 259 g/mol. The van der Waals surface area contributed by atoms with Crippen molar-refractivity contribution in [3.63, 3.8) is 0 Å². The molecular formula is C10H17N3O3S. The Morgan fingerprint density at radius 2 is 2.12 bits per heavy atom. The molecule has 0 radical (unpaired) electrons. The lowest BCUT2D eigenvalue weighted by atomic mass is 10.1. The molecule has 96 valence electrons. The van der Waals surface area contributed by atoms with E-state index in [1.807, 2.05) is 0 Å². The molecule has 1 aromatic heterocycles. The number of aliphatic hydroxyl groups is 1. The second-order valence-corrected chi connectivity index (χ2v) is 6.72. The molecule has 17 heavy (non-hydrogen) atoms. The highest BCUT2D eigenvalue weighted by Gasteiger charge is 2.40. The van der Waals surface area contributed by atoms with Crippen LogP contribution in [0.25, 0.3) is 0 Å². The first-order chi connectivity index (χ1) is 7.74. The second kappa shape index (κ2) is 3.79. The van der Waals surface area contributed by atoms with E-state index in [1.54, 1.807) is 20.8 Å². The quantitative estimate of drug-likeness (QED) is 0.793. The summed E-state index contributed by atoms with van der Waals surface area (Å²) in [6.07, 6.45) is 0.460. The standard InChI is InChI=1S/C10H17N3O3S/c1-7-9(8(2)12-11-7)17(15,16)13-5-4-10(3,14)6-13/h14H,4-6H2,1-3H3,(H,11,12). The summed E-state index contributed by atoms with van der Waals surface area (Å²) in [5.41, 5.74) is 0.0709. The maximum Gasteiger partial charge on any atom is 0.246 e. The van der Waals surface area contributed by atoms with Gasteiger partial charge in [0, 0.05) is 13.1 Å². The minimum Gasteiger partial charge on any atom is -0.389 e. The highest BCUT2D eigenvalue weighted by Crippen LogP contribution is 2.28. The van der Waals surface area contributed by atoms with E-state index in [4.69, 9.17) is 0 Å². The summed E-state index contributed by atoms with van der Waals surface area (Å²) in [5, 5.41) is 16.4. The number of hydrogen-bond acceptors (Lipinski definition) is 4. The van der Waals surface area contributed by atoms with Crippen LogP contribution in [0.5, 0.6) is 0 Å². The molecular weight excluding hydrogens is 242 g/mol. The van der Waals surface area contributed by atoms with Gasteiger partial charge < -0.3 is 5.11 Å². The molecule has 0 aromatic carbocycles. The molecule has 0 saturated carbocycles. The van der Waals surface area contributed by atoms with Gasteiger partial charge in [-0.2, -0.15) is 9.40 Å². The van der Waals surface area contributed by atoms with Gasteiger partial charge in [0.05, 0.1) is 17.0 Å². The Kier molecular flexibility index (Phi) is 2.80. The number of nitrogens with zero attached hydrogens (tertiary/aromatic N) is 2. The van der Waals surface area contributed by atoms with Crippen LogP contribution in [0.15, 0.2) is 4.90 Å². The van der Waals surface area contributed by atoms with Gasteiger partial charge in [0.1, 0.15) is 4.90 Å². The van der Waals surface area contributed by atoms with E-state index in [9.17, 15) is 13.5 Å². The van der Waals surface area contributed by atoms with Gasteiger partial charge in [-0.1, -0.05) is 0 Å². The monoisotopic (exact) mass is 259 g/mol. The van der Waals surface area contributed by atoms with Crippen molar-refractivity contribution in [2.75, 3.05) is 13.1 Å². The molecule has 2 rings (SSSR count). The third-order valence-electron chi connectivity index (χ3n) is 3.08. The third-order valence-corrected chi connectivity index (χ3v) is 5.18. The molecule has 0 amide bonds. The number of sulfonamides is 1. The molecule has 2 heterocycles. The van der Waals surface area contributed by atoms with Crippen molar-refractivity contribution in [2.24, 2.45) is 0 Å². The number of β-amino-alcohol motifs (C(OH)–C–C–N with tert-alkyl or cyclic N) is 1. The number of aromatic amines is 1. The number of H-pyrrole nitrogens is 1. The lowest BCUT2D eigenvalue weighted by molar-refractivity contribution is 0.0762. The molecule has 1 unspecified atom stereocenters. The zero-order chi connectivity index (χ0) is 12.8. The van der Waals surface area contributed by atoms with Crippen molar-refractivity contribution >= 4 is 10.0 Å². The molecule has 1 atom stereocenters. The van der Waals surface area contributed by atoms with E-state index in [0.29, 0.717) is 24.4 Å². The molecule has 1 aliphatic heterocycles. The Balaban J connectivity index is 2.39. The number of nitrogens with one attached hydrogen (secondary N) is 1. The first kappa shape index (κ1) is 12.5. The number of aryl methyl sites for hydroxylation is 2. The van der Waals surface area contributed by atoms with E-state index in [2.05, 4.69) is 10.2 Å². The zero-order valence-corrected chi connectivity index (χ0v) is 11.0. The SMILES string of the molecule is Cc1n[nH]c(C)c1S(=O)(=O)N1CCC(C)(O)C1. The van der Waals surface area contributed by atoms with Gasteiger partial charge in [-0.05, 0) is 27.2 Å². The van der Waals surface area contributed by atoms with Crippen molar-refractivity contribution in [3.05, 3.63) is 11.4 Å². The average Bonchev–Trinajstić information content (AvgIpc) is 2.70. The van der Waals surface area contributed by atoms with Gasteiger partial charge in [-0.15, -0.1) is 0 Å². The van der Waals surface area contributed by atoms with Crippen LogP contribution in [0.3, 0.4) is 0 Å². The maximum atomic E-state index is 12.4. The Morgan fingerprint density at radius 1 is 1.47 bits per heavy atom. The predicted octanol–water partition coefficient (Wildman–Crippen LogP) is 0.172. The van der Waals surface area contributed by atoms with Gasteiger partial charge in [0.15, 0.2) is 0 Å². The normalized spacial score (nSPS) is 26.6. The summed E-state index contributed by atoms with van der Waals surface area (Å²) in [4.78, 5) is 0.232. The van der Waals surface area contributed by atoms with Crippen LogP contribution in [0.2, 0.25) is 0 Å². The Bertz CT molecular complexity index is 513. The molecule has 6 nitrogen and oxygen atoms in total. The second-order valence-electron chi connectivity index (χ2n) is 4.85. The first-order valence-corrected chi connectivity index (χ1v) is 6.92. The first-order valence-electron chi connectivity index (χ1n) is 5.48. The largest absolute Gasteiger partial charge is 0.389 e. The van der Waals surface area contributed by atoms with E-state index < -0.39 is 15.6 Å². The van der Waals surface area contributed by atoms with Crippen LogP contribution in [0.1, 0.15) is 24.7 Å². The minimum absolute atomic E-state index is 0.138. The molecule has 7 heteroatoms. The molecule has 1 fully saturated rings. The van der Waals surface area contributed by atoms with Crippen LogP contribution >= 0.6 is 0 Å². The molecule has 2 N–H and O–H groups in total. The van der Waals surface area contributed by atoms with E-state index in [-0.39, 0.29) is 11.4 Å². The van der Waals surface area contributed by atoms with Gasteiger partial charge >= 0.3 is 0 Å². The molecule has 1 saturated heterocycles. The summed E-state index contributed by atoms with van der Waals surface area (Å²) >= 11 is 0. The summed E-state index contributed by atoms with van der Waals surface area (Å²) in [5.74, 6) is 0. The topological polar surface area (TPSA) is 86.3 Å². The summed E-state index contributed by atoms with van der Waals surface area (Å²) in [6.45, 7) is 5.47. The molecule has 0 aliphatic carbocycles. The lowest BCUT2D eigenvalue weighted by Gasteiger charge is -2.18. The fraction of sp³-hybridized carbons (Fsp3) is 0.700. The van der Waals surface area contributed by atoms with Crippen LogP contribution in [-0.2, 0) is 10.0 Å². The fourth-order valence-corrected chi connectivity index (χ4v) is 4.05. The van der Waals surface area contributed by atoms with Crippen molar-refractivity contribution in [3.8, 4) is 0 Å². The predicted molar refractivity (Wildman–Crippen MR) is 62.1 cm³/mol. The number of hydrogen-bond donors (Lipinski definition) is 2. The highest BCUT2D eigenvalue weighted by atomic mass is 32.2. The maximum absolute atomic E-state index is 12.4. The van der Waals surface area contributed by atoms with Gasteiger partial charge in [-0.25, -0.2) is 8.42 Å². The van der Waals surface area contributed by atoms with Crippen molar-refractivity contribution in [2.45, 2.75) is 37.7 Å². The Morgan fingerprint density at radius 3 is 2.53 bits per heavy atom. The third kappa shape index (κ3) is 2.10.